The number of carbonyl (C=O) groups excluding carboxylic acids is 2. The van der Waals surface area contributed by atoms with Gasteiger partial charge in [-0.1, -0.05) is 0 Å². The lowest BCUT2D eigenvalue weighted by Crippen LogP contribution is -2.37. The molecule has 2 amide bonds. The molecular weight excluding hydrogens is 296 g/mol. The van der Waals surface area contributed by atoms with Crippen LogP contribution in [-0.2, 0) is 4.79 Å². The third-order valence-electron chi connectivity index (χ3n) is 3.18. The van der Waals surface area contributed by atoms with E-state index in [2.05, 4.69) is 10.6 Å². The van der Waals surface area contributed by atoms with E-state index in [4.69, 9.17) is 9.15 Å². The molecule has 0 saturated heterocycles. The number of amides is 2. The highest BCUT2D eigenvalue weighted by atomic mass is 16.5. The highest BCUT2D eigenvalue weighted by Gasteiger charge is 2.13. The molecule has 2 rings (SSSR count). The molecule has 122 valence electrons. The lowest BCUT2D eigenvalue weighted by molar-refractivity contribution is -0.120. The second-order valence-corrected chi connectivity index (χ2v) is 4.94. The first-order chi connectivity index (χ1) is 11.1. The van der Waals surface area contributed by atoms with Gasteiger partial charge >= 0.3 is 0 Å². The normalized spacial score (nSPS) is 11.6. The summed E-state index contributed by atoms with van der Waals surface area (Å²) in [6.45, 7) is 4.17. The van der Waals surface area contributed by atoms with Gasteiger partial charge in [0.15, 0.2) is 0 Å². The number of carbonyl (C=O) groups is 2. The Bertz CT molecular complexity index is 635. The van der Waals surface area contributed by atoms with E-state index < -0.39 is 0 Å². The third kappa shape index (κ3) is 4.88. The lowest BCUT2D eigenvalue weighted by atomic mass is 10.2. The Hall–Kier alpha value is -2.76. The zero-order valence-electron chi connectivity index (χ0n) is 13.2. The van der Waals surface area contributed by atoms with Crippen LogP contribution in [0.25, 0.3) is 0 Å². The summed E-state index contributed by atoms with van der Waals surface area (Å²) in [6.07, 6.45) is 1.55. The summed E-state index contributed by atoms with van der Waals surface area (Å²) in [7, 11) is 0. The molecule has 1 aromatic carbocycles. The first kappa shape index (κ1) is 16.6. The maximum Gasteiger partial charge on any atom is 0.251 e. The molecule has 0 unspecified atom stereocenters. The first-order valence-electron chi connectivity index (χ1n) is 7.44. The topological polar surface area (TPSA) is 80.6 Å². The Morgan fingerprint density at radius 1 is 1.22 bits per heavy atom. The molecule has 2 aromatic rings. The highest BCUT2D eigenvalue weighted by Crippen LogP contribution is 2.12. The van der Waals surface area contributed by atoms with Gasteiger partial charge in [-0.15, -0.1) is 0 Å². The van der Waals surface area contributed by atoms with Crippen molar-refractivity contribution in [3.8, 4) is 5.75 Å². The van der Waals surface area contributed by atoms with Crippen LogP contribution in [0.15, 0.2) is 47.1 Å². The van der Waals surface area contributed by atoms with Gasteiger partial charge in [-0.3, -0.25) is 9.59 Å². The zero-order valence-corrected chi connectivity index (χ0v) is 13.2. The van der Waals surface area contributed by atoms with Gasteiger partial charge in [-0.2, -0.15) is 0 Å². The van der Waals surface area contributed by atoms with E-state index in [1.54, 1.807) is 42.7 Å². The van der Waals surface area contributed by atoms with Gasteiger partial charge in [-0.05, 0) is 50.2 Å². The SMILES string of the molecule is CCOc1ccc(C(=O)NCC(=O)N[C@H](C)c2ccco2)cc1. The van der Waals surface area contributed by atoms with Gasteiger partial charge in [0.2, 0.25) is 5.91 Å². The largest absolute Gasteiger partial charge is 0.494 e. The number of hydrogen-bond acceptors (Lipinski definition) is 4. The number of furan rings is 1. The zero-order chi connectivity index (χ0) is 16.7. The summed E-state index contributed by atoms with van der Waals surface area (Å²) >= 11 is 0. The van der Waals surface area contributed by atoms with E-state index in [1.165, 1.54) is 0 Å². The monoisotopic (exact) mass is 316 g/mol. The second kappa shape index (κ2) is 8.03. The molecule has 0 saturated carbocycles. The van der Waals surface area contributed by atoms with Crippen LogP contribution in [0.1, 0.15) is 36.0 Å². The fourth-order valence-electron chi connectivity index (χ4n) is 2.03. The van der Waals surface area contributed by atoms with Crippen molar-refractivity contribution in [2.75, 3.05) is 13.2 Å². The van der Waals surface area contributed by atoms with E-state index in [0.717, 1.165) is 0 Å². The van der Waals surface area contributed by atoms with Crippen molar-refractivity contribution in [1.82, 2.24) is 10.6 Å². The molecule has 2 N–H and O–H groups in total. The van der Waals surface area contributed by atoms with E-state index >= 15 is 0 Å². The van der Waals surface area contributed by atoms with E-state index in [-0.39, 0.29) is 24.4 Å². The molecule has 0 aliphatic carbocycles. The van der Waals surface area contributed by atoms with Crippen LogP contribution in [0.4, 0.5) is 0 Å². The van der Waals surface area contributed by atoms with Gasteiger partial charge in [0, 0.05) is 5.56 Å². The van der Waals surface area contributed by atoms with E-state index in [1.807, 2.05) is 13.8 Å². The molecule has 6 heteroatoms. The van der Waals surface area contributed by atoms with Crippen molar-refractivity contribution in [3.05, 3.63) is 54.0 Å². The Morgan fingerprint density at radius 3 is 2.57 bits per heavy atom. The number of hydrogen-bond donors (Lipinski definition) is 2. The van der Waals surface area contributed by atoms with Crippen molar-refractivity contribution in [1.29, 1.82) is 0 Å². The molecule has 0 aliphatic heterocycles. The van der Waals surface area contributed by atoms with Gasteiger partial charge in [0.1, 0.15) is 11.5 Å². The molecular formula is C17H20N2O4. The summed E-state index contributed by atoms with van der Waals surface area (Å²) in [5.74, 6) is 0.771. The Kier molecular flexibility index (Phi) is 5.80. The predicted octanol–water partition coefficient (Wildman–Crippen LogP) is 2.29. The Morgan fingerprint density at radius 2 is 1.96 bits per heavy atom. The molecule has 0 bridgehead atoms. The number of rotatable bonds is 7. The summed E-state index contributed by atoms with van der Waals surface area (Å²) < 4.78 is 10.5. The van der Waals surface area contributed by atoms with Crippen LogP contribution in [0, 0.1) is 0 Å². The molecule has 1 atom stereocenters. The van der Waals surface area contributed by atoms with Crippen LogP contribution in [0.2, 0.25) is 0 Å². The number of benzene rings is 1. The molecule has 0 radical (unpaired) electrons. The predicted molar refractivity (Wildman–Crippen MR) is 85.2 cm³/mol. The molecule has 6 nitrogen and oxygen atoms in total. The van der Waals surface area contributed by atoms with Gasteiger partial charge < -0.3 is 19.8 Å². The highest BCUT2D eigenvalue weighted by molar-refractivity contribution is 5.96. The van der Waals surface area contributed by atoms with Gasteiger partial charge in [-0.25, -0.2) is 0 Å². The van der Waals surface area contributed by atoms with Crippen molar-refractivity contribution in [2.24, 2.45) is 0 Å². The first-order valence-corrected chi connectivity index (χ1v) is 7.44. The molecule has 23 heavy (non-hydrogen) atoms. The fraction of sp³-hybridized carbons (Fsp3) is 0.294. The maximum atomic E-state index is 12.0. The van der Waals surface area contributed by atoms with Crippen LogP contribution in [0.3, 0.4) is 0 Å². The van der Waals surface area contributed by atoms with Crippen LogP contribution >= 0.6 is 0 Å². The summed E-state index contributed by atoms with van der Waals surface area (Å²) in [6, 6.07) is 10.0. The molecule has 0 fully saturated rings. The molecule has 1 aromatic heterocycles. The summed E-state index contributed by atoms with van der Waals surface area (Å²) in [4.78, 5) is 23.8. The molecule has 0 aliphatic rings. The molecule has 0 spiro atoms. The maximum absolute atomic E-state index is 12.0. The summed E-state index contributed by atoms with van der Waals surface area (Å²) in [5, 5.41) is 5.33. The van der Waals surface area contributed by atoms with Gasteiger partial charge in [0.25, 0.3) is 5.91 Å². The Labute approximate surface area is 134 Å². The average Bonchev–Trinajstić information content (AvgIpc) is 3.08. The van der Waals surface area contributed by atoms with Crippen molar-refractivity contribution in [2.45, 2.75) is 19.9 Å². The van der Waals surface area contributed by atoms with Crippen LogP contribution in [-0.4, -0.2) is 25.0 Å². The average molecular weight is 316 g/mol. The minimum Gasteiger partial charge on any atom is -0.494 e. The van der Waals surface area contributed by atoms with Gasteiger partial charge in [0.05, 0.1) is 25.5 Å². The Balaban J connectivity index is 1.80. The van der Waals surface area contributed by atoms with Crippen molar-refractivity contribution < 1.29 is 18.7 Å². The van der Waals surface area contributed by atoms with Crippen LogP contribution < -0.4 is 15.4 Å². The quantitative estimate of drug-likeness (QED) is 0.821. The minimum atomic E-state index is -0.311. The molecule has 1 heterocycles. The fourth-order valence-corrected chi connectivity index (χ4v) is 2.03. The van der Waals surface area contributed by atoms with Crippen molar-refractivity contribution in [3.63, 3.8) is 0 Å². The number of ether oxygens (including phenoxy) is 1. The smallest absolute Gasteiger partial charge is 0.251 e. The second-order valence-electron chi connectivity index (χ2n) is 4.94. The summed E-state index contributed by atoms with van der Waals surface area (Å²) in [5.41, 5.74) is 0.473. The minimum absolute atomic E-state index is 0.100. The number of nitrogens with one attached hydrogen (secondary N) is 2. The standard InChI is InChI=1S/C17H20N2O4/c1-3-22-14-8-6-13(7-9-14)17(21)18-11-16(20)19-12(2)15-5-4-10-23-15/h4-10,12H,3,11H2,1-2H3,(H,18,21)(H,19,20)/t12-/m1/s1. The van der Waals surface area contributed by atoms with E-state index in [0.29, 0.717) is 23.7 Å². The van der Waals surface area contributed by atoms with Crippen LogP contribution in [0.5, 0.6) is 5.75 Å². The lowest BCUT2D eigenvalue weighted by Gasteiger charge is -2.12. The third-order valence-corrected chi connectivity index (χ3v) is 3.18. The van der Waals surface area contributed by atoms with E-state index in [9.17, 15) is 9.59 Å². The van der Waals surface area contributed by atoms with Crippen molar-refractivity contribution >= 4 is 11.8 Å².